The number of carboxylic acids is 1. The molecule has 0 unspecified atom stereocenters. The highest BCUT2D eigenvalue weighted by Gasteiger charge is 2.35. The minimum absolute atomic E-state index is 0.0811. The van der Waals surface area contributed by atoms with E-state index in [4.69, 9.17) is 0 Å². The summed E-state index contributed by atoms with van der Waals surface area (Å²) in [5.41, 5.74) is 2.05. The Morgan fingerprint density at radius 2 is 2.47 bits per heavy atom. The van der Waals surface area contributed by atoms with E-state index in [1.165, 1.54) is 0 Å². The molecule has 94 valence electrons. The zero-order valence-corrected chi connectivity index (χ0v) is 10.3. The van der Waals surface area contributed by atoms with Crippen molar-refractivity contribution in [1.29, 1.82) is 0 Å². The Kier molecular flexibility index (Phi) is 3.36. The lowest BCUT2D eigenvalue weighted by molar-refractivity contribution is -0.143. The third-order valence-electron chi connectivity index (χ3n) is 3.63. The highest BCUT2D eigenvalue weighted by Crippen LogP contribution is 2.31. The third-order valence-corrected chi connectivity index (χ3v) is 3.63. The Hall–Kier alpha value is -1.52. The predicted octanol–water partition coefficient (Wildman–Crippen LogP) is 1.80. The lowest BCUT2D eigenvalue weighted by Gasteiger charge is -2.40. The quantitative estimate of drug-likeness (QED) is 0.841. The topological polar surface area (TPSA) is 69.2 Å². The molecule has 5 nitrogen and oxygen atoms in total. The van der Waals surface area contributed by atoms with E-state index in [0.29, 0.717) is 0 Å². The van der Waals surface area contributed by atoms with Crippen LogP contribution >= 0.6 is 0 Å². The van der Waals surface area contributed by atoms with Crippen LogP contribution < -0.4 is 4.90 Å². The maximum absolute atomic E-state index is 11.3. The van der Waals surface area contributed by atoms with Crippen molar-refractivity contribution in [1.82, 2.24) is 10.2 Å². The van der Waals surface area contributed by atoms with Crippen molar-refractivity contribution in [2.45, 2.75) is 39.2 Å². The van der Waals surface area contributed by atoms with E-state index in [1.54, 1.807) is 6.20 Å². The van der Waals surface area contributed by atoms with Gasteiger partial charge < -0.3 is 10.0 Å². The number of rotatable bonds is 3. The van der Waals surface area contributed by atoms with Gasteiger partial charge in [0.05, 0.1) is 23.5 Å². The molecule has 2 N–H and O–H groups in total. The Morgan fingerprint density at radius 3 is 3.00 bits per heavy atom. The van der Waals surface area contributed by atoms with Crippen molar-refractivity contribution in [2.24, 2.45) is 5.92 Å². The van der Waals surface area contributed by atoms with Gasteiger partial charge in [0.25, 0.3) is 0 Å². The Bertz CT molecular complexity index is 402. The first kappa shape index (κ1) is 12.0. The molecule has 0 aromatic carbocycles. The number of nitrogens with zero attached hydrogens (tertiary/aromatic N) is 2. The van der Waals surface area contributed by atoms with Crippen molar-refractivity contribution >= 4 is 11.7 Å². The number of aryl methyl sites for hydroxylation is 1. The number of H-pyrrole nitrogens is 1. The molecule has 1 aromatic rings. The van der Waals surface area contributed by atoms with Crippen LogP contribution in [0.2, 0.25) is 0 Å². The molecule has 0 bridgehead atoms. The maximum atomic E-state index is 11.3. The summed E-state index contributed by atoms with van der Waals surface area (Å²) in [6.45, 7) is 4.94. The second-order valence-corrected chi connectivity index (χ2v) is 4.64. The summed E-state index contributed by atoms with van der Waals surface area (Å²) in [5.74, 6) is -0.939. The van der Waals surface area contributed by atoms with Crippen LogP contribution in [0.4, 0.5) is 5.69 Å². The summed E-state index contributed by atoms with van der Waals surface area (Å²) in [4.78, 5) is 13.5. The van der Waals surface area contributed by atoms with E-state index in [2.05, 4.69) is 15.1 Å². The molecule has 2 rings (SSSR count). The number of carboxylic acid groups (broad SMARTS) is 1. The first-order valence-electron chi connectivity index (χ1n) is 6.14. The lowest BCUT2D eigenvalue weighted by Crippen LogP contribution is -2.48. The average molecular weight is 237 g/mol. The number of nitrogens with one attached hydrogen (secondary N) is 1. The zero-order chi connectivity index (χ0) is 12.4. The minimum atomic E-state index is -0.678. The van der Waals surface area contributed by atoms with Gasteiger partial charge in [-0.05, 0) is 26.2 Å². The fourth-order valence-electron chi connectivity index (χ4n) is 2.78. The number of aromatic amines is 1. The second-order valence-electron chi connectivity index (χ2n) is 4.64. The summed E-state index contributed by atoms with van der Waals surface area (Å²) in [7, 11) is 0. The van der Waals surface area contributed by atoms with Crippen molar-refractivity contribution in [2.75, 3.05) is 11.4 Å². The van der Waals surface area contributed by atoms with Crippen LogP contribution in [-0.4, -0.2) is 33.9 Å². The number of hydrogen-bond donors (Lipinski definition) is 2. The summed E-state index contributed by atoms with van der Waals surface area (Å²) in [6.07, 6.45) is 4.35. The smallest absolute Gasteiger partial charge is 0.308 e. The van der Waals surface area contributed by atoms with Gasteiger partial charge in [0.2, 0.25) is 0 Å². The molecule has 0 amide bonds. The van der Waals surface area contributed by atoms with Crippen LogP contribution in [0.25, 0.3) is 0 Å². The van der Waals surface area contributed by atoms with Gasteiger partial charge in [-0.2, -0.15) is 5.10 Å². The molecule has 1 aromatic heterocycles. The van der Waals surface area contributed by atoms with Crippen molar-refractivity contribution in [3.8, 4) is 0 Å². The summed E-state index contributed by atoms with van der Waals surface area (Å²) in [6, 6.07) is 0.0811. The van der Waals surface area contributed by atoms with Gasteiger partial charge in [-0.3, -0.25) is 9.89 Å². The van der Waals surface area contributed by atoms with Crippen LogP contribution in [0.1, 0.15) is 31.9 Å². The van der Waals surface area contributed by atoms with Gasteiger partial charge in [-0.25, -0.2) is 0 Å². The molecule has 0 aliphatic carbocycles. The van der Waals surface area contributed by atoms with Crippen molar-refractivity contribution < 1.29 is 9.90 Å². The second kappa shape index (κ2) is 4.77. The largest absolute Gasteiger partial charge is 0.481 e. The SMILES string of the molecule is CC[C@@H]1[C@@H](C(=O)O)CCCN1c1cn[nH]c1C. The van der Waals surface area contributed by atoms with Gasteiger partial charge in [0.15, 0.2) is 0 Å². The number of aromatic nitrogens is 2. The number of aliphatic carboxylic acids is 1. The molecule has 1 aliphatic heterocycles. The molecule has 0 saturated carbocycles. The molecule has 0 radical (unpaired) electrons. The average Bonchev–Trinajstić information content (AvgIpc) is 2.74. The van der Waals surface area contributed by atoms with Gasteiger partial charge in [-0.15, -0.1) is 0 Å². The fraction of sp³-hybridized carbons (Fsp3) is 0.667. The summed E-state index contributed by atoms with van der Waals surface area (Å²) < 4.78 is 0. The van der Waals surface area contributed by atoms with Crippen LogP contribution in [0.15, 0.2) is 6.20 Å². The summed E-state index contributed by atoms with van der Waals surface area (Å²) in [5, 5.41) is 16.2. The normalized spacial score (nSPS) is 24.9. The zero-order valence-electron chi connectivity index (χ0n) is 10.3. The number of hydrogen-bond acceptors (Lipinski definition) is 3. The standard InChI is InChI=1S/C12H19N3O2/c1-3-10-9(12(16)17)5-4-6-15(10)11-7-13-14-8(11)2/h7,9-10H,3-6H2,1-2H3,(H,13,14)(H,16,17)/t9-,10+/m0/s1. The molecular formula is C12H19N3O2. The minimum Gasteiger partial charge on any atom is -0.481 e. The van der Waals surface area contributed by atoms with E-state index in [0.717, 1.165) is 37.2 Å². The molecule has 0 spiro atoms. The van der Waals surface area contributed by atoms with Crippen molar-refractivity contribution in [3.63, 3.8) is 0 Å². The van der Waals surface area contributed by atoms with Crippen molar-refractivity contribution in [3.05, 3.63) is 11.9 Å². The van der Waals surface area contributed by atoms with E-state index in [1.807, 2.05) is 13.8 Å². The monoisotopic (exact) mass is 237 g/mol. The number of carbonyl (C=O) groups is 1. The predicted molar refractivity (Wildman–Crippen MR) is 65.1 cm³/mol. The fourth-order valence-corrected chi connectivity index (χ4v) is 2.78. The van der Waals surface area contributed by atoms with Gasteiger partial charge in [0, 0.05) is 12.6 Å². The summed E-state index contributed by atoms with van der Waals surface area (Å²) >= 11 is 0. The molecular weight excluding hydrogens is 218 g/mol. The van der Waals surface area contributed by atoms with E-state index < -0.39 is 5.97 Å². The van der Waals surface area contributed by atoms with Crippen LogP contribution in [-0.2, 0) is 4.79 Å². The molecule has 5 heteroatoms. The maximum Gasteiger partial charge on any atom is 0.308 e. The first-order valence-corrected chi connectivity index (χ1v) is 6.14. The van der Waals surface area contributed by atoms with Gasteiger partial charge >= 0.3 is 5.97 Å². The molecule has 2 atom stereocenters. The van der Waals surface area contributed by atoms with E-state index >= 15 is 0 Å². The van der Waals surface area contributed by atoms with E-state index in [-0.39, 0.29) is 12.0 Å². The Morgan fingerprint density at radius 1 is 1.71 bits per heavy atom. The molecule has 17 heavy (non-hydrogen) atoms. The number of piperidine rings is 1. The van der Waals surface area contributed by atoms with E-state index in [9.17, 15) is 9.90 Å². The number of anilines is 1. The lowest BCUT2D eigenvalue weighted by atomic mass is 9.87. The molecule has 1 fully saturated rings. The Labute approximate surface area is 101 Å². The van der Waals surface area contributed by atoms with Gasteiger partial charge in [0.1, 0.15) is 0 Å². The molecule has 2 heterocycles. The Balaban J connectivity index is 2.27. The highest BCUT2D eigenvalue weighted by molar-refractivity contribution is 5.72. The van der Waals surface area contributed by atoms with Crippen LogP contribution in [0.3, 0.4) is 0 Å². The van der Waals surface area contributed by atoms with Crippen LogP contribution in [0.5, 0.6) is 0 Å². The third kappa shape index (κ3) is 2.14. The van der Waals surface area contributed by atoms with Gasteiger partial charge in [-0.1, -0.05) is 6.92 Å². The van der Waals surface area contributed by atoms with Crippen LogP contribution in [0, 0.1) is 12.8 Å². The highest BCUT2D eigenvalue weighted by atomic mass is 16.4. The molecule has 1 saturated heterocycles. The first-order chi connectivity index (χ1) is 8.15. The molecule has 1 aliphatic rings.